The van der Waals surface area contributed by atoms with E-state index in [1.54, 1.807) is 17.0 Å². The number of anilines is 2. The molecule has 1 saturated heterocycles. The molecule has 26 heavy (non-hydrogen) atoms. The van der Waals surface area contributed by atoms with E-state index in [9.17, 15) is 9.59 Å². The average Bonchev–Trinajstić information content (AvgIpc) is 3.01. The van der Waals surface area contributed by atoms with E-state index in [4.69, 9.17) is 16.3 Å². The summed E-state index contributed by atoms with van der Waals surface area (Å²) >= 11 is 6.09. The second-order valence-corrected chi connectivity index (χ2v) is 6.69. The average molecular weight is 373 g/mol. The summed E-state index contributed by atoms with van der Waals surface area (Å²) in [6.45, 7) is 4.77. The Bertz CT molecular complexity index is 820. The highest BCUT2D eigenvalue weighted by atomic mass is 35.5. The lowest BCUT2D eigenvalue weighted by Gasteiger charge is -2.17. The molecule has 2 amide bonds. The Hall–Kier alpha value is -2.53. The van der Waals surface area contributed by atoms with Gasteiger partial charge in [-0.1, -0.05) is 17.7 Å². The minimum absolute atomic E-state index is 0.0590. The van der Waals surface area contributed by atoms with E-state index in [-0.39, 0.29) is 18.2 Å². The largest absolute Gasteiger partial charge is 0.494 e. The molecule has 0 unspecified atom stereocenters. The molecule has 1 aliphatic heterocycles. The molecule has 5 nitrogen and oxygen atoms in total. The van der Waals surface area contributed by atoms with Crippen LogP contribution in [-0.4, -0.2) is 25.0 Å². The number of nitrogens with zero attached hydrogens (tertiary/aromatic N) is 1. The summed E-state index contributed by atoms with van der Waals surface area (Å²) in [6, 6.07) is 12.7. The molecule has 0 radical (unpaired) electrons. The predicted octanol–water partition coefficient (Wildman–Crippen LogP) is 4.04. The Kier molecular flexibility index (Phi) is 5.47. The Balaban J connectivity index is 1.66. The van der Waals surface area contributed by atoms with Crippen LogP contribution in [0.1, 0.15) is 18.9 Å². The number of ether oxygens (including phenoxy) is 1. The van der Waals surface area contributed by atoms with Crippen LogP contribution in [-0.2, 0) is 9.59 Å². The zero-order valence-corrected chi connectivity index (χ0v) is 15.5. The number of carbonyl (C=O) groups excluding carboxylic acids is 2. The smallest absolute Gasteiger partial charge is 0.229 e. The van der Waals surface area contributed by atoms with Gasteiger partial charge in [0.2, 0.25) is 11.8 Å². The van der Waals surface area contributed by atoms with Gasteiger partial charge in [-0.25, -0.2) is 0 Å². The fraction of sp³-hybridized carbons (Fsp3) is 0.300. The lowest BCUT2D eigenvalue weighted by atomic mass is 10.1. The maximum Gasteiger partial charge on any atom is 0.229 e. The van der Waals surface area contributed by atoms with Crippen LogP contribution in [0.25, 0.3) is 0 Å². The molecule has 0 aromatic heterocycles. The lowest BCUT2D eigenvalue weighted by Crippen LogP contribution is -2.28. The maximum absolute atomic E-state index is 12.5. The number of halogens is 1. The quantitative estimate of drug-likeness (QED) is 0.861. The molecule has 1 atom stereocenters. The van der Waals surface area contributed by atoms with Crippen molar-refractivity contribution in [3.05, 3.63) is 53.1 Å². The van der Waals surface area contributed by atoms with Crippen molar-refractivity contribution in [2.24, 2.45) is 5.92 Å². The Morgan fingerprint density at radius 3 is 2.65 bits per heavy atom. The fourth-order valence-electron chi connectivity index (χ4n) is 2.94. The topological polar surface area (TPSA) is 58.6 Å². The first-order valence-corrected chi connectivity index (χ1v) is 8.96. The summed E-state index contributed by atoms with van der Waals surface area (Å²) in [5.41, 5.74) is 2.35. The number of nitrogens with one attached hydrogen (secondary N) is 1. The van der Waals surface area contributed by atoms with Gasteiger partial charge < -0.3 is 15.0 Å². The first kappa shape index (κ1) is 18.3. The fourth-order valence-corrected chi connectivity index (χ4v) is 3.12. The van der Waals surface area contributed by atoms with E-state index >= 15 is 0 Å². The summed E-state index contributed by atoms with van der Waals surface area (Å²) in [6.07, 6.45) is 0.193. The molecule has 0 bridgehead atoms. The molecule has 2 aromatic carbocycles. The molecule has 2 aromatic rings. The van der Waals surface area contributed by atoms with Crippen molar-refractivity contribution >= 4 is 34.8 Å². The highest BCUT2D eigenvalue weighted by Crippen LogP contribution is 2.28. The molecular formula is C20H21ClN2O3. The van der Waals surface area contributed by atoms with Crippen LogP contribution >= 0.6 is 11.6 Å². The summed E-state index contributed by atoms with van der Waals surface area (Å²) < 4.78 is 5.42. The SMILES string of the molecule is CCOc1ccc(N2C[C@@H](C(=O)Nc3ccc(C)c(Cl)c3)CC2=O)cc1. The number of hydrogen-bond acceptors (Lipinski definition) is 3. The zero-order valence-electron chi connectivity index (χ0n) is 14.8. The summed E-state index contributed by atoms with van der Waals surface area (Å²) in [7, 11) is 0. The molecule has 1 aliphatic rings. The molecule has 1 N–H and O–H groups in total. The van der Waals surface area contributed by atoms with Gasteiger partial charge in [0.1, 0.15) is 5.75 Å². The third-order valence-corrected chi connectivity index (χ3v) is 4.80. The summed E-state index contributed by atoms with van der Waals surface area (Å²) in [5.74, 6) is 0.130. The number of rotatable bonds is 5. The van der Waals surface area contributed by atoms with Crippen LogP contribution in [0.4, 0.5) is 11.4 Å². The van der Waals surface area contributed by atoms with Crippen LogP contribution in [0, 0.1) is 12.8 Å². The van der Waals surface area contributed by atoms with Crippen LogP contribution in [0.15, 0.2) is 42.5 Å². The van der Waals surface area contributed by atoms with Crippen molar-refractivity contribution in [2.75, 3.05) is 23.4 Å². The summed E-state index contributed by atoms with van der Waals surface area (Å²) in [4.78, 5) is 26.5. The van der Waals surface area contributed by atoms with E-state index in [2.05, 4.69) is 5.32 Å². The first-order valence-electron chi connectivity index (χ1n) is 8.58. The molecule has 136 valence electrons. The second kappa shape index (κ2) is 7.79. The second-order valence-electron chi connectivity index (χ2n) is 6.29. The van der Waals surface area contributed by atoms with E-state index in [1.165, 1.54) is 0 Å². The van der Waals surface area contributed by atoms with Gasteiger partial charge in [0.25, 0.3) is 0 Å². The van der Waals surface area contributed by atoms with Gasteiger partial charge in [0.05, 0.1) is 12.5 Å². The Labute approximate surface area is 157 Å². The van der Waals surface area contributed by atoms with Crippen molar-refractivity contribution < 1.29 is 14.3 Å². The predicted molar refractivity (Wildman–Crippen MR) is 103 cm³/mol. The number of aryl methyl sites for hydroxylation is 1. The van der Waals surface area contributed by atoms with Gasteiger partial charge in [-0.2, -0.15) is 0 Å². The van der Waals surface area contributed by atoms with Gasteiger partial charge in [0, 0.05) is 29.4 Å². The standard InChI is InChI=1S/C20H21ClN2O3/c1-3-26-17-8-6-16(7-9-17)23-12-14(10-19(23)24)20(25)22-15-5-4-13(2)18(21)11-15/h4-9,11,14H,3,10,12H2,1-2H3,(H,22,25)/t14-/m0/s1. The van der Waals surface area contributed by atoms with Crippen molar-refractivity contribution in [3.63, 3.8) is 0 Å². The summed E-state index contributed by atoms with van der Waals surface area (Å²) in [5, 5.41) is 3.45. The molecule has 1 fully saturated rings. The monoisotopic (exact) mass is 372 g/mol. The van der Waals surface area contributed by atoms with E-state index < -0.39 is 5.92 Å². The molecule has 0 spiro atoms. The molecule has 3 rings (SSSR count). The van der Waals surface area contributed by atoms with Gasteiger partial charge in [-0.3, -0.25) is 9.59 Å². The molecule has 6 heteroatoms. The van der Waals surface area contributed by atoms with Crippen LogP contribution in [0.2, 0.25) is 5.02 Å². The third-order valence-electron chi connectivity index (χ3n) is 4.39. The molecule has 0 saturated carbocycles. The molecule has 0 aliphatic carbocycles. The van der Waals surface area contributed by atoms with Crippen LogP contribution in [0.5, 0.6) is 5.75 Å². The normalized spacial score (nSPS) is 16.7. The van der Waals surface area contributed by atoms with Gasteiger partial charge >= 0.3 is 0 Å². The highest BCUT2D eigenvalue weighted by molar-refractivity contribution is 6.31. The zero-order chi connectivity index (χ0) is 18.7. The van der Waals surface area contributed by atoms with Crippen molar-refractivity contribution in [1.82, 2.24) is 0 Å². The van der Waals surface area contributed by atoms with Gasteiger partial charge in [-0.15, -0.1) is 0 Å². The number of hydrogen-bond donors (Lipinski definition) is 1. The minimum atomic E-state index is -0.394. The number of amides is 2. The minimum Gasteiger partial charge on any atom is -0.494 e. The van der Waals surface area contributed by atoms with Crippen LogP contribution < -0.4 is 15.0 Å². The molecular weight excluding hydrogens is 352 g/mol. The van der Waals surface area contributed by atoms with Crippen LogP contribution in [0.3, 0.4) is 0 Å². The highest BCUT2D eigenvalue weighted by Gasteiger charge is 2.35. The van der Waals surface area contributed by atoms with Gasteiger partial charge in [-0.05, 0) is 55.8 Å². The van der Waals surface area contributed by atoms with Crippen molar-refractivity contribution in [3.8, 4) is 5.75 Å². The number of carbonyl (C=O) groups is 2. The van der Waals surface area contributed by atoms with E-state index in [0.29, 0.717) is 23.9 Å². The maximum atomic E-state index is 12.5. The third kappa shape index (κ3) is 3.99. The number of benzene rings is 2. The Morgan fingerprint density at radius 2 is 2.00 bits per heavy atom. The van der Waals surface area contributed by atoms with Crippen molar-refractivity contribution in [2.45, 2.75) is 20.3 Å². The first-order chi connectivity index (χ1) is 12.5. The van der Waals surface area contributed by atoms with E-state index in [0.717, 1.165) is 17.0 Å². The molecule has 1 heterocycles. The van der Waals surface area contributed by atoms with Crippen molar-refractivity contribution in [1.29, 1.82) is 0 Å². The van der Waals surface area contributed by atoms with Gasteiger partial charge in [0.15, 0.2) is 0 Å². The Morgan fingerprint density at radius 1 is 1.27 bits per heavy atom. The lowest BCUT2D eigenvalue weighted by molar-refractivity contribution is -0.122. The van der Waals surface area contributed by atoms with E-state index in [1.807, 2.05) is 44.2 Å².